The Labute approximate surface area is 131 Å². The summed E-state index contributed by atoms with van der Waals surface area (Å²) in [7, 11) is 0. The van der Waals surface area contributed by atoms with E-state index in [0.29, 0.717) is 16.5 Å². The van der Waals surface area contributed by atoms with Crippen LogP contribution in [0.15, 0.2) is 36.4 Å². The molecule has 7 heteroatoms. The maximum Gasteiger partial charge on any atom is 0.403 e. The Hall–Kier alpha value is -1.99. The fraction of sp³-hybridized carbons (Fsp3) is 0.375. The SMILES string of the molecule is CC(NCC(O)COc1ccc(O)c2ccccc12)C(F)(F)F. The number of alkyl halides is 3. The molecule has 0 heterocycles. The largest absolute Gasteiger partial charge is 0.507 e. The molecule has 0 fully saturated rings. The Kier molecular flexibility index (Phi) is 5.33. The zero-order valence-electron chi connectivity index (χ0n) is 12.5. The summed E-state index contributed by atoms with van der Waals surface area (Å²) in [6.45, 7) is 0.587. The van der Waals surface area contributed by atoms with Gasteiger partial charge in [0, 0.05) is 17.3 Å². The van der Waals surface area contributed by atoms with Crippen molar-refractivity contribution in [3.63, 3.8) is 0 Å². The van der Waals surface area contributed by atoms with E-state index in [4.69, 9.17) is 4.74 Å². The number of aliphatic hydroxyl groups excluding tert-OH is 1. The van der Waals surface area contributed by atoms with Crippen LogP contribution in [0.4, 0.5) is 13.2 Å². The Balaban J connectivity index is 1.95. The molecule has 0 aliphatic heterocycles. The lowest BCUT2D eigenvalue weighted by molar-refractivity contribution is -0.152. The molecule has 2 unspecified atom stereocenters. The van der Waals surface area contributed by atoms with Crippen LogP contribution in [0.25, 0.3) is 10.8 Å². The first-order valence-corrected chi connectivity index (χ1v) is 7.10. The van der Waals surface area contributed by atoms with Crippen molar-refractivity contribution in [2.75, 3.05) is 13.2 Å². The molecule has 4 nitrogen and oxygen atoms in total. The number of nitrogens with one attached hydrogen (secondary N) is 1. The highest BCUT2D eigenvalue weighted by Crippen LogP contribution is 2.32. The fourth-order valence-electron chi connectivity index (χ4n) is 2.05. The highest BCUT2D eigenvalue weighted by atomic mass is 19.4. The maximum absolute atomic E-state index is 12.4. The molecule has 0 radical (unpaired) electrons. The minimum absolute atomic E-state index is 0.106. The molecule has 0 aliphatic rings. The first kappa shape index (κ1) is 17.4. The van der Waals surface area contributed by atoms with Crippen LogP contribution in [0.1, 0.15) is 6.92 Å². The summed E-state index contributed by atoms with van der Waals surface area (Å²) in [6.07, 6.45) is -5.44. The van der Waals surface area contributed by atoms with Crippen LogP contribution in [-0.4, -0.2) is 41.7 Å². The first-order valence-electron chi connectivity index (χ1n) is 7.10. The molecule has 0 bridgehead atoms. The van der Waals surface area contributed by atoms with Crippen LogP contribution in [-0.2, 0) is 0 Å². The van der Waals surface area contributed by atoms with Gasteiger partial charge in [-0.15, -0.1) is 0 Å². The van der Waals surface area contributed by atoms with Gasteiger partial charge in [0.2, 0.25) is 0 Å². The van der Waals surface area contributed by atoms with Gasteiger partial charge >= 0.3 is 6.18 Å². The van der Waals surface area contributed by atoms with Gasteiger partial charge in [0.1, 0.15) is 30.3 Å². The molecule has 2 rings (SSSR count). The van der Waals surface area contributed by atoms with Gasteiger partial charge in [0.25, 0.3) is 0 Å². The van der Waals surface area contributed by atoms with E-state index in [-0.39, 0.29) is 18.9 Å². The van der Waals surface area contributed by atoms with Gasteiger partial charge in [-0.3, -0.25) is 0 Å². The normalized spacial score (nSPS) is 14.7. The van der Waals surface area contributed by atoms with Crippen molar-refractivity contribution in [3.8, 4) is 11.5 Å². The smallest absolute Gasteiger partial charge is 0.403 e. The van der Waals surface area contributed by atoms with Crippen LogP contribution in [0.2, 0.25) is 0 Å². The van der Waals surface area contributed by atoms with Crippen molar-refractivity contribution >= 4 is 10.8 Å². The number of aromatic hydroxyl groups is 1. The second-order valence-corrected chi connectivity index (χ2v) is 5.26. The van der Waals surface area contributed by atoms with Crippen LogP contribution in [0.3, 0.4) is 0 Å². The Morgan fingerprint density at radius 3 is 2.43 bits per heavy atom. The minimum Gasteiger partial charge on any atom is -0.507 e. The molecular formula is C16H18F3NO3. The number of ether oxygens (including phenoxy) is 1. The number of hydrogen-bond acceptors (Lipinski definition) is 4. The average Bonchev–Trinajstić information content (AvgIpc) is 2.51. The Morgan fingerprint density at radius 2 is 1.78 bits per heavy atom. The molecule has 126 valence electrons. The summed E-state index contributed by atoms with van der Waals surface area (Å²) in [6, 6.07) is 8.33. The van der Waals surface area contributed by atoms with E-state index in [2.05, 4.69) is 5.32 Å². The number of fused-ring (bicyclic) bond motifs is 1. The predicted octanol–water partition coefficient (Wildman–Crippen LogP) is 2.83. The molecule has 2 atom stereocenters. The predicted molar refractivity (Wildman–Crippen MR) is 80.6 cm³/mol. The molecule has 0 aromatic heterocycles. The number of phenols is 1. The number of phenolic OH excluding ortho intramolecular Hbond substituents is 1. The summed E-state index contributed by atoms with van der Waals surface area (Å²) in [4.78, 5) is 0. The highest BCUT2D eigenvalue weighted by molar-refractivity contribution is 5.92. The second-order valence-electron chi connectivity index (χ2n) is 5.26. The van der Waals surface area contributed by atoms with Gasteiger partial charge in [-0.1, -0.05) is 24.3 Å². The zero-order chi connectivity index (χ0) is 17.0. The van der Waals surface area contributed by atoms with Crippen LogP contribution in [0.5, 0.6) is 11.5 Å². The summed E-state index contributed by atoms with van der Waals surface area (Å²) in [5.41, 5.74) is 0. The van der Waals surface area contributed by atoms with Gasteiger partial charge in [0.05, 0.1) is 0 Å². The molecule has 2 aromatic carbocycles. The Morgan fingerprint density at radius 1 is 1.13 bits per heavy atom. The fourth-order valence-corrected chi connectivity index (χ4v) is 2.05. The first-order chi connectivity index (χ1) is 10.8. The van der Waals surface area contributed by atoms with Crippen molar-refractivity contribution in [3.05, 3.63) is 36.4 Å². The van der Waals surface area contributed by atoms with E-state index in [9.17, 15) is 23.4 Å². The summed E-state index contributed by atoms with van der Waals surface area (Å²) in [5, 5.41) is 23.0. The molecule has 0 saturated heterocycles. The lowest BCUT2D eigenvalue weighted by atomic mass is 10.1. The molecule has 0 amide bonds. The molecule has 23 heavy (non-hydrogen) atoms. The Bertz CT molecular complexity index is 661. The number of rotatable bonds is 6. The number of hydrogen-bond donors (Lipinski definition) is 3. The van der Waals surface area contributed by atoms with Crippen LogP contribution >= 0.6 is 0 Å². The average molecular weight is 329 g/mol. The lowest BCUT2D eigenvalue weighted by Crippen LogP contribution is -2.44. The van der Waals surface area contributed by atoms with Gasteiger partial charge < -0.3 is 20.3 Å². The van der Waals surface area contributed by atoms with Crippen LogP contribution in [0, 0.1) is 0 Å². The number of aliphatic hydroxyl groups is 1. The van der Waals surface area contributed by atoms with Gasteiger partial charge in [0.15, 0.2) is 0 Å². The summed E-state index contributed by atoms with van der Waals surface area (Å²) >= 11 is 0. The maximum atomic E-state index is 12.4. The second kappa shape index (κ2) is 7.06. The van der Waals surface area contributed by atoms with Crippen molar-refractivity contribution in [2.45, 2.75) is 25.2 Å². The lowest BCUT2D eigenvalue weighted by Gasteiger charge is -2.20. The van der Waals surface area contributed by atoms with Gasteiger partial charge in [-0.2, -0.15) is 13.2 Å². The number of benzene rings is 2. The topological polar surface area (TPSA) is 61.7 Å². The molecular weight excluding hydrogens is 311 g/mol. The monoisotopic (exact) mass is 329 g/mol. The summed E-state index contributed by atoms with van der Waals surface area (Å²) in [5.74, 6) is 0.551. The standard InChI is InChI=1S/C16H18F3NO3/c1-10(16(17,18)19)20-8-11(21)9-23-15-7-6-14(22)12-4-2-3-5-13(12)15/h2-7,10-11,20-22H,8-9H2,1H3. The van der Waals surface area contributed by atoms with E-state index in [1.54, 1.807) is 30.3 Å². The van der Waals surface area contributed by atoms with E-state index in [0.717, 1.165) is 6.92 Å². The van der Waals surface area contributed by atoms with Crippen molar-refractivity contribution in [2.24, 2.45) is 0 Å². The van der Waals surface area contributed by atoms with Crippen LogP contribution < -0.4 is 10.1 Å². The van der Waals surface area contributed by atoms with Crippen molar-refractivity contribution in [1.29, 1.82) is 0 Å². The molecule has 0 aliphatic carbocycles. The quantitative estimate of drug-likeness (QED) is 0.763. The third-order valence-corrected chi connectivity index (χ3v) is 3.44. The van der Waals surface area contributed by atoms with E-state index in [1.807, 2.05) is 0 Å². The third-order valence-electron chi connectivity index (χ3n) is 3.44. The van der Waals surface area contributed by atoms with Crippen molar-refractivity contribution < 1.29 is 28.1 Å². The number of halogens is 3. The highest BCUT2D eigenvalue weighted by Gasteiger charge is 2.35. The molecule has 3 N–H and O–H groups in total. The van der Waals surface area contributed by atoms with Crippen molar-refractivity contribution in [1.82, 2.24) is 5.32 Å². The van der Waals surface area contributed by atoms with E-state index in [1.165, 1.54) is 6.07 Å². The zero-order valence-corrected chi connectivity index (χ0v) is 12.5. The third kappa shape index (κ3) is 4.49. The summed E-state index contributed by atoms with van der Waals surface area (Å²) < 4.78 is 42.6. The van der Waals surface area contributed by atoms with E-state index < -0.39 is 18.3 Å². The molecule has 2 aromatic rings. The van der Waals surface area contributed by atoms with Gasteiger partial charge in [-0.05, 0) is 19.1 Å². The minimum atomic E-state index is -4.35. The van der Waals surface area contributed by atoms with E-state index >= 15 is 0 Å². The molecule has 0 saturated carbocycles. The molecule has 0 spiro atoms. The van der Waals surface area contributed by atoms with Gasteiger partial charge in [-0.25, -0.2) is 0 Å².